The van der Waals surface area contributed by atoms with Crippen molar-refractivity contribution in [2.45, 2.75) is 58.3 Å². The molecule has 18 heavy (non-hydrogen) atoms. The topological polar surface area (TPSA) is 0 Å². The number of benzene rings is 1. The predicted octanol–water partition coefficient (Wildman–Crippen LogP) is 6.14. The highest BCUT2D eigenvalue weighted by Gasteiger charge is 2.12. The van der Waals surface area contributed by atoms with Crippen LogP contribution in [0.3, 0.4) is 0 Å². The van der Waals surface area contributed by atoms with E-state index in [1.807, 2.05) is 0 Å². The van der Waals surface area contributed by atoms with E-state index in [1.165, 1.54) is 67.0 Å². The molecule has 0 aliphatic heterocycles. The van der Waals surface area contributed by atoms with Gasteiger partial charge in [-0.25, -0.2) is 0 Å². The first-order valence-electron chi connectivity index (χ1n) is 7.27. The average molecular weight is 307 g/mol. The minimum absolute atomic E-state index is 1.18. The normalized spacial score (nSPS) is 13.6. The molecule has 0 atom stereocenters. The molecule has 0 fully saturated rings. The highest BCUT2D eigenvalue weighted by Crippen LogP contribution is 2.30. The van der Waals surface area contributed by atoms with Crippen LogP contribution in [0.5, 0.6) is 0 Å². The summed E-state index contributed by atoms with van der Waals surface area (Å²) < 4.78 is 1.19. The van der Waals surface area contributed by atoms with Crippen molar-refractivity contribution in [3.63, 3.8) is 0 Å². The summed E-state index contributed by atoms with van der Waals surface area (Å²) in [7, 11) is 0. The lowest BCUT2D eigenvalue weighted by Crippen LogP contribution is -1.86. The van der Waals surface area contributed by atoms with Crippen LogP contribution < -0.4 is 0 Å². The Balaban J connectivity index is 1.72. The summed E-state index contributed by atoms with van der Waals surface area (Å²) in [6.07, 6.45) is 13.2. The molecule has 0 nitrogen and oxygen atoms in total. The first-order chi connectivity index (χ1) is 8.79. The molecule has 1 heteroatoms. The number of unbranched alkanes of at least 4 members (excludes halogenated alkanes) is 5. The lowest BCUT2D eigenvalue weighted by atomic mass is 10.0. The van der Waals surface area contributed by atoms with Gasteiger partial charge in [0, 0.05) is 4.47 Å². The van der Waals surface area contributed by atoms with E-state index in [9.17, 15) is 0 Å². The van der Waals surface area contributed by atoms with Gasteiger partial charge in [0.1, 0.15) is 0 Å². The van der Waals surface area contributed by atoms with Crippen LogP contribution in [0.1, 0.15) is 63.0 Å². The van der Waals surface area contributed by atoms with Crippen LogP contribution in [0.2, 0.25) is 0 Å². The number of rotatable bonds is 7. The standard InChI is InChI=1S/C17H23Br/c1-2-3-4-5-6-7-8-14-11-15-9-10-17(18)13-16(15)12-14/h9-10,12-13H,2-8,11H2,1H3. The van der Waals surface area contributed by atoms with Crippen LogP contribution in [0, 0.1) is 0 Å². The Morgan fingerprint density at radius 3 is 2.67 bits per heavy atom. The van der Waals surface area contributed by atoms with Crippen molar-refractivity contribution < 1.29 is 0 Å². The largest absolute Gasteiger partial charge is 0.0654 e. The van der Waals surface area contributed by atoms with Crippen molar-refractivity contribution in [2.24, 2.45) is 0 Å². The van der Waals surface area contributed by atoms with E-state index in [1.54, 1.807) is 5.57 Å². The fourth-order valence-electron chi connectivity index (χ4n) is 2.67. The van der Waals surface area contributed by atoms with E-state index in [0.29, 0.717) is 0 Å². The molecule has 1 aromatic carbocycles. The zero-order valence-electron chi connectivity index (χ0n) is 11.3. The van der Waals surface area contributed by atoms with Gasteiger partial charge in [-0.15, -0.1) is 0 Å². The molecule has 1 aliphatic rings. The summed E-state index contributed by atoms with van der Waals surface area (Å²) >= 11 is 3.54. The van der Waals surface area contributed by atoms with E-state index in [-0.39, 0.29) is 0 Å². The van der Waals surface area contributed by atoms with Gasteiger partial charge in [-0.3, -0.25) is 0 Å². The lowest BCUT2D eigenvalue weighted by Gasteiger charge is -2.02. The molecule has 98 valence electrons. The summed E-state index contributed by atoms with van der Waals surface area (Å²) in [5.41, 5.74) is 4.54. The SMILES string of the molecule is CCCCCCCCC1=Cc2cc(Br)ccc2C1. The lowest BCUT2D eigenvalue weighted by molar-refractivity contribution is 0.605. The van der Waals surface area contributed by atoms with Crippen LogP contribution in [-0.2, 0) is 6.42 Å². The van der Waals surface area contributed by atoms with E-state index < -0.39 is 0 Å². The van der Waals surface area contributed by atoms with Gasteiger partial charge < -0.3 is 0 Å². The third-order valence-corrected chi connectivity index (χ3v) is 4.23. The van der Waals surface area contributed by atoms with Crippen molar-refractivity contribution in [3.05, 3.63) is 39.4 Å². The van der Waals surface area contributed by atoms with Crippen LogP contribution in [0.4, 0.5) is 0 Å². The molecule has 0 aromatic heterocycles. The third-order valence-electron chi connectivity index (χ3n) is 3.74. The average Bonchev–Trinajstić information content (AvgIpc) is 2.75. The molecule has 1 aromatic rings. The summed E-state index contributed by atoms with van der Waals surface area (Å²) in [5, 5.41) is 0. The van der Waals surface area contributed by atoms with Crippen LogP contribution in [0.25, 0.3) is 6.08 Å². The van der Waals surface area contributed by atoms with Crippen molar-refractivity contribution in [2.75, 3.05) is 0 Å². The van der Waals surface area contributed by atoms with Crippen LogP contribution >= 0.6 is 15.9 Å². The van der Waals surface area contributed by atoms with Crippen molar-refractivity contribution in [1.29, 1.82) is 0 Å². The van der Waals surface area contributed by atoms with Crippen LogP contribution in [-0.4, -0.2) is 0 Å². The van der Waals surface area contributed by atoms with Gasteiger partial charge in [-0.1, -0.05) is 72.7 Å². The first-order valence-corrected chi connectivity index (χ1v) is 8.07. The second-order valence-corrected chi connectivity index (χ2v) is 6.26. The second kappa shape index (κ2) is 7.13. The van der Waals surface area contributed by atoms with E-state index in [2.05, 4.69) is 47.1 Å². The zero-order valence-corrected chi connectivity index (χ0v) is 12.9. The Morgan fingerprint density at radius 1 is 1.06 bits per heavy atom. The molecule has 0 N–H and O–H groups in total. The Morgan fingerprint density at radius 2 is 1.83 bits per heavy atom. The number of hydrogen-bond acceptors (Lipinski definition) is 0. The molecule has 0 bridgehead atoms. The maximum Gasteiger partial charge on any atom is 0.0181 e. The van der Waals surface area contributed by atoms with Gasteiger partial charge in [0.15, 0.2) is 0 Å². The van der Waals surface area contributed by atoms with E-state index in [4.69, 9.17) is 0 Å². The molecule has 0 radical (unpaired) electrons. The van der Waals surface area contributed by atoms with Gasteiger partial charge in [-0.05, 0) is 42.5 Å². The maximum absolute atomic E-state index is 3.54. The highest BCUT2D eigenvalue weighted by molar-refractivity contribution is 9.10. The summed E-state index contributed by atoms with van der Waals surface area (Å²) in [4.78, 5) is 0. The quantitative estimate of drug-likeness (QED) is 0.531. The number of allylic oxidation sites excluding steroid dienone is 1. The van der Waals surface area contributed by atoms with Gasteiger partial charge >= 0.3 is 0 Å². The summed E-state index contributed by atoms with van der Waals surface area (Å²) in [6, 6.07) is 6.65. The van der Waals surface area contributed by atoms with Crippen LogP contribution in [0.15, 0.2) is 28.2 Å². The number of halogens is 1. The Bertz CT molecular complexity index is 418. The molecule has 2 rings (SSSR count). The van der Waals surface area contributed by atoms with Gasteiger partial charge in [0.25, 0.3) is 0 Å². The minimum atomic E-state index is 1.18. The number of fused-ring (bicyclic) bond motifs is 1. The van der Waals surface area contributed by atoms with Gasteiger partial charge in [-0.2, -0.15) is 0 Å². The Labute approximate surface area is 120 Å². The summed E-state index contributed by atoms with van der Waals surface area (Å²) in [5.74, 6) is 0. The Hall–Kier alpha value is -0.560. The monoisotopic (exact) mass is 306 g/mol. The van der Waals surface area contributed by atoms with Gasteiger partial charge in [0.05, 0.1) is 0 Å². The molecular formula is C17H23Br. The molecule has 0 amide bonds. The molecule has 0 heterocycles. The predicted molar refractivity (Wildman–Crippen MR) is 83.8 cm³/mol. The smallest absolute Gasteiger partial charge is 0.0181 e. The zero-order chi connectivity index (χ0) is 12.8. The third kappa shape index (κ3) is 3.98. The molecule has 0 saturated heterocycles. The van der Waals surface area contributed by atoms with E-state index in [0.717, 1.165) is 0 Å². The maximum atomic E-state index is 3.54. The van der Waals surface area contributed by atoms with Gasteiger partial charge in [0.2, 0.25) is 0 Å². The molecular weight excluding hydrogens is 284 g/mol. The molecule has 0 unspecified atom stereocenters. The highest BCUT2D eigenvalue weighted by atomic mass is 79.9. The molecule has 1 aliphatic carbocycles. The number of hydrogen-bond donors (Lipinski definition) is 0. The molecule has 0 saturated carbocycles. The first kappa shape index (κ1) is 13.9. The fraction of sp³-hybridized carbons (Fsp3) is 0.529. The summed E-state index contributed by atoms with van der Waals surface area (Å²) in [6.45, 7) is 2.28. The Kier molecular flexibility index (Phi) is 5.49. The van der Waals surface area contributed by atoms with Crippen molar-refractivity contribution in [3.8, 4) is 0 Å². The molecule has 0 spiro atoms. The second-order valence-electron chi connectivity index (χ2n) is 5.34. The van der Waals surface area contributed by atoms with E-state index >= 15 is 0 Å². The fourth-order valence-corrected chi connectivity index (χ4v) is 3.05. The van der Waals surface area contributed by atoms with Crippen molar-refractivity contribution >= 4 is 22.0 Å². The van der Waals surface area contributed by atoms with Crippen molar-refractivity contribution in [1.82, 2.24) is 0 Å². The minimum Gasteiger partial charge on any atom is -0.0654 e.